The van der Waals surface area contributed by atoms with Crippen LogP contribution >= 0.6 is 11.6 Å². The van der Waals surface area contributed by atoms with Crippen LogP contribution in [0, 0.1) is 0 Å². The van der Waals surface area contributed by atoms with Gasteiger partial charge in [0, 0.05) is 36.2 Å². The lowest BCUT2D eigenvalue weighted by Crippen LogP contribution is -2.27. The van der Waals surface area contributed by atoms with E-state index >= 15 is 0 Å². The topological polar surface area (TPSA) is 60.1 Å². The Morgan fingerprint density at radius 1 is 1.33 bits per heavy atom. The van der Waals surface area contributed by atoms with Crippen molar-refractivity contribution in [2.24, 2.45) is 0 Å². The first kappa shape index (κ1) is 12.5. The Morgan fingerprint density at radius 3 is 2.72 bits per heavy atom. The molecule has 0 unspecified atom stereocenters. The molecule has 1 aromatic heterocycles. The first-order chi connectivity index (χ1) is 8.66. The minimum Gasteiger partial charge on any atom is -0.398 e. The van der Waals surface area contributed by atoms with Crippen molar-refractivity contribution in [3.63, 3.8) is 0 Å². The number of aromatic nitrogens is 1. The molecule has 2 aromatic rings. The summed E-state index contributed by atoms with van der Waals surface area (Å²) in [6.07, 6.45) is 3.89. The lowest BCUT2D eigenvalue weighted by atomic mass is 10.1. The molecular formula is C13H14ClN3O. The number of carbonyl (C=O) groups is 1. The van der Waals surface area contributed by atoms with E-state index in [1.165, 1.54) is 0 Å². The number of anilines is 1. The summed E-state index contributed by atoms with van der Waals surface area (Å²) in [5, 5.41) is 3.34. The lowest BCUT2D eigenvalue weighted by molar-refractivity contribution is 0.0953. The van der Waals surface area contributed by atoms with E-state index in [-0.39, 0.29) is 5.91 Å². The predicted octanol–water partition coefficient (Wildman–Crippen LogP) is 2.15. The second kappa shape index (κ2) is 5.60. The molecule has 1 amide bonds. The molecule has 0 atom stereocenters. The van der Waals surface area contributed by atoms with Gasteiger partial charge >= 0.3 is 0 Å². The molecule has 0 bridgehead atoms. The quantitative estimate of drug-likeness (QED) is 0.831. The number of nitrogen functional groups attached to an aromatic ring is 1. The molecular weight excluding hydrogens is 250 g/mol. The third kappa shape index (κ3) is 3.05. The van der Waals surface area contributed by atoms with E-state index in [2.05, 4.69) is 5.32 Å². The van der Waals surface area contributed by atoms with Crippen molar-refractivity contribution in [3.8, 4) is 0 Å². The van der Waals surface area contributed by atoms with Crippen LogP contribution in [-0.4, -0.2) is 17.0 Å². The second-order valence-electron chi connectivity index (χ2n) is 3.91. The third-order valence-corrected chi connectivity index (χ3v) is 2.82. The zero-order chi connectivity index (χ0) is 13.0. The van der Waals surface area contributed by atoms with Crippen molar-refractivity contribution in [2.45, 2.75) is 6.54 Å². The Balaban J connectivity index is 1.91. The van der Waals surface area contributed by atoms with E-state index < -0.39 is 0 Å². The first-order valence-electron chi connectivity index (χ1n) is 5.61. The van der Waals surface area contributed by atoms with Gasteiger partial charge in [0.2, 0.25) is 0 Å². The molecule has 0 saturated carbocycles. The summed E-state index contributed by atoms with van der Waals surface area (Å²) in [6, 6.07) is 8.74. The summed E-state index contributed by atoms with van der Waals surface area (Å²) in [5.74, 6) is -0.184. The zero-order valence-electron chi connectivity index (χ0n) is 9.77. The van der Waals surface area contributed by atoms with Crippen LogP contribution in [0.5, 0.6) is 0 Å². The van der Waals surface area contributed by atoms with Gasteiger partial charge in [-0.2, -0.15) is 0 Å². The molecule has 1 aromatic carbocycles. The molecule has 0 saturated heterocycles. The van der Waals surface area contributed by atoms with E-state index in [0.29, 0.717) is 22.8 Å². The van der Waals surface area contributed by atoms with Gasteiger partial charge in [-0.1, -0.05) is 11.6 Å². The molecule has 1 heterocycles. The normalized spacial score (nSPS) is 10.3. The number of nitrogens with zero attached hydrogens (tertiary/aromatic N) is 1. The van der Waals surface area contributed by atoms with Gasteiger partial charge < -0.3 is 15.6 Å². The fourth-order valence-electron chi connectivity index (χ4n) is 1.65. The Labute approximate surface area is 110 Å². The van der Waals surface area contributed by atoms with Crippen LogP contribution in [0.2, 0.25) is 5.02 Å². The van der Waals surface area contributed by atoms with Gasteiger partial charge in [0.25, 0.3) is 5.91 Å². The molecule has 94 valence electrons. The number of hydrogen-bond donors (Lipinski definition) is 2. The first-order valence-corrected chi connectivity index (χ1v) is 5.98. The summed E-state index contributed by atoms with van der Waals surface area (Å²) in [6.45, 7) is 1.28. The standard InChI is InChI=1S/C13H14ClN3O/c14-10-3-4-11(12(15)9-10)13(18)16-5-8-17-6-1-2-7-17/h1-4,6-7,9H,5,8,15H2,(H,16,18). The molecule has 0 aliphatic rings. The minimum atomic E-state index is -0.184. The summed E-state index contributed by atoms with van der Waals surface area (Å²) in [7, 11) is 0. The van der Waals surface area contributed by atoms with Crippen molar-refractivity contribution >= 4 is 23.2 Å². The van der Waals surface area contributed by atoms with Gasteiger partial charge in [-0.3, -0.25) is 4.79 Å². The highest BCUT2D eigenvalue weighted by Gasteiger charge is 2.08. The van der Waals surface area contributed by atoms with Crippen LogP contribution in [0.15, 0.2) is 42.7 Å². The summed E-state index contributed by atoms with van der Waals surface area (Å²) in [4.78, 5) is 11.9. The van der Waals surface area contributed by atoms with Gasteiger partial charge in [-0.15, -0.1) is 0 Å². The Bertz CT molecular complexity index is 537. The van der Waals surface area contributed by atoms with Crippen molar-refractivity contribution in [1.29, 1.82) is 0 Å². The highest BCUT2D eigenvalue weighted by atomic mass is 35.5. The van der Waals surface area contributed by atoms with Crippen molar-refractivity contribution in [3.05, 3.63) is 53.3 Å². The third-order valence-electron chi connectivity index (χ3n) is 2.58. The number of nitrogens with one attached hydrogen (secondary N) is 1. The van der Waals surface area contributed by atoms with Gasteiger partial charge in [-0.05, 0) is 30.3 Å². The predicted molar refractivity (Wildman–Crippen MR) is 72.6 cm³/mol. The molecule has 5 heteroatoms. The van der Waals surface area contributed by atoms with Crippen LogP contribution in [0.25, 0.3) is 0 Å². The summed E-state index contributed by atoms with van der Waals surface area (Å²) in [5.41, 5.74) is 6.58. The average Bonchev–Trinajstić information content (AvgIpc) is 2.81. The maximum absolute atomic E-state index is 11.9. The molecule has 2 rings (SSSR count). The van der Waals surface area contributed by atoms with Crippen LogP contribution in [0.1, 0.15) is 10.4 Å². The Morgan fingerprint density at radius 2 is 2.06 bits per heavy atom. The molecule has 0 aliphatic heterocycles. The van der Waals surface area contributed by atoms with Crippen LogP contribution in [0.3, 0.4) is 0 Å². The zero-order valence-corrected chi connectivity index (χ0v) is 10.5. The van der Waals surface area contributed by atoms with E-state index in [1.54, 1.807) is 18.2 Å². The van der Waals surface area contributed by atoms with E-state index in [9.17, 15) is 4.79 Å². The van der Waals surface area contributed by atoms with Gasteiger partial charge in [0.05, 0.1) is 5.56 Å². The number of rotatable bonds is 4. The van der Waals surface area contributed by atoms with E-state index in [4.69, 9.17) is 17.3 Å². The molecule has 18 heavy (non-hydrogen) atoms. The van der Waals surface area contributed by atoms with Crippen molar-refractivity contribution in [2.75, 3.05) is 12.3 Å². The molecule has 0 aliphatic carbocycles. The molecule has 0 spiro atoms. The highest BCUT2D eigenvalue weighted by Crippen LogP contribution is 2.17. The Hall–Kier alpha value is -1.94. The summed E-state index contributed by atoms with van der Waals surface area (Å²) >= 11 is 5.78. The fraction of sp³-hybridized carbons (Fsp3) is 0.154. The van der Waals surface area contributed by atoms with Crippen LogP contribution in [-0.2, 0) is 6.54 Å². The number of carbonyl (C=O) groups excluding carboxylic acids is 1. The van der Waals surface area contributed by atoms with Crippen molar-refractivity contribution in [1.82, 2.24) is 9.88 Å². The number of nitrogens with two attached hydrogens (primary N) is 1. The van der Waals surface area contributed by atoms with E-state index in [0.717, 1.165) is 6.54 Å². The maximum atomic E-state index is 11.9. The Kier molecular flexibility index (Phi) is 3.89. The lowest BCUT2D eigenvalue weighted by Gasteiger charge is -2.08. The SMILES string of the molecule is Nc1cc(Cl)ccc1C(=O)NCCn1cccc1. The van der Waals surface area contributed by atoms with Crippen LogP contribution < -0.4 is 11.1 Å². The van der Waals surface area contributed by atoms with Crippen molar-refractivity contribution < 1.29 is 4.79 Å². The van der Waals surface area contributed by atoms with Gasteiger partial charge in [0.15, 0.2) is 0 Å². The molecule has 4 nitrogen and oxygen atoms in total. The minimum absolute atomic E-state index is 0.184. The van der Waals surface area contributed by atoms with E-state index in [1.807, 2.05) is 29.1 Å². The summed E-state index contributed by atoms with van der Waals surface area (Å²) < 4.78 is 1.99. The van der Waals surface area contributed by atoms with Gasteiger partial charge in [-0.25, -0.2) is 0 Å². The number of halogens is 1. The van der Waals surface area contributed by atoms with Crippen LogP contribution in [0.4, 0.5) is 5.69 Å². The highest BCUT2D eigenvalue weighted by molar-refractivity contribution is 6.31. The fourth-order valence-corrected chi connectivity index (χ4v) is 1.83. The maximum Gasteiger partial charge on any atom is 0.253 e. The largest absolute Gasteiger partial charge is 0.398 e. The average molecular weight is 264 g/mol. The molecule has 0 fully saturated rings. The molecule has 0 radical (unpaired) electrons. The van der Waals surface area contributed by atoms with Gasteiger partial charge in [0.1, 0.15) is 0 Å². The molecule has 3 N–H and O–H groups in total. The second-order valence-corrected chi connectivity index (χ2v) is 4.34. The smallest absolute Gasteiger partial charge is 0.253 e. The number of hydrogen-bond acceptors (Lipinski definition) is 2. The number of benzene rings is 1. The number of amides is 1. The monoisotopic (exact) mass is 263 g/mol.